The van der Waals surface area contributed by atoms with Crippen molar-refractivity contribution in [2.24, 2.45) is 0 Å². The third-order valence-corrected chi connectivity index (χ3v) is 2.38. The molecule has 4 nitrogen and oxygen atoms in total. The summed E-state index contributed by atoms with van der Waals surface area (Å²) in [5.41, 5.74) is 0. The topological polar surface area (TPSA) is 46.5 Å². The van der Waals surface area contributed by atoms with Gasteiger partial charge in [-0.15, -0.1) is 0 Å². The SMILES string of the molecule is C[N+](C)(C)CCO[P](=O)(O)[Gd]. The van der Waals surface area contributed by atoms with Crippen molar-refractivity contribution in [3.8, 4) is 0 Å². The molecule has 0 amide bonds. The number of hydrogen-bond acceptors (Lipinski definition) is 2. The number of hydrogen-bond donors (Lipinski definition) is 1. The summed E-state index contributed by atoms with van der Waals surface area (Å²) in [6.07, 6.45) is 0. The van der Waals surface area contributed by atoms with E-state index in [1.54, 1.807) is 0 Å². The van der Waals surface area contributed by atoms with Gasteiger partial charge in [0.05, 0.1) is 0 Å². The van der Waals surface area contributed by atoms with Crippen molar-refractivity contribution < 1.29 is 55.6 Å². The number of nitrogens with zero attached hydrogens (tertiary/aromatic N) is 1. The molecule has 0 saturated carbocycles. The molecule has 0 saturated heterocycles. The third-order valence-electron chi connectivity index (χ3n) is 1.01. The van der Waals surface area contributed by atoms with Crippen LogP contribution in [0.15, 0.2) is 0 Å². The molecule has 0 bridgehead atoms. The maximum atomic E-state index is 10.6. The zero-order valence-electron chi connectivity index (χ0n) is 6.93. The standard InChI is InChI=1S/C5H13NO3P.Gd/c1-6(2,3)4-5-9-10(7)8;/h4-5H2,1-3H3;/q+1;-1/p+1. The van der Waals surface area contributed by atoms with E-state index in [9.17, 15) is 4.57 Å². The van der Waals surface area contributed by atoms with E-state index in [2.05, 4.69) is 0 Å². The minimum absolute atomic E-state index is 0.334. The van der Waals surface area contributed by atoms with Gasteiger partial charge >= 0.3 is 92.5 Å². The van der Waals surface area contributed by atoms with Crippen LogP contribution in [0.4, 0.5) is 0 Å². The van der Waals surface area contributed by atoms with Gasteiger partial charge < -0.3 is 0 Å². The van der Waals surface area contributed by atoms with Gasteiger partial charge in [-0.05, 0) is 0 Å². The third kappa shape index (κ3) is 11.4. The Labute approximate surface area is 91.7 Å². The van der Waals surface area contributed by atoms with Crippen molar-refractivity contribution in [1.82, 2.24) is 0 Å². The molecule has 0 aliphatic heterocycles. The molecule has 1 unspecified atom stereocenters. The van der Waals surface area contributed by atoms with Crippen LogP contribution in [0.3, 0.4) is 0 Å². The zero-order chi connectivity index (χ0) is 9.12. The van der Waals surface area contributed by atoms with Crippen LogP contribution in [0.2, 0.25) is 0 Å². The molecule has 0 rings (SSSR count). The molecule has 0 heterocycles. The number of quaternary nitrogens is 1. The second-order valence-corrected chi connectivity index (χ2v) is 8.26. The van der Waals surface area contributed by atoms with Gasteiger partial charge in [-0.25, -0.2) is 0 Å². The predicted molar refractivity (Wildman–Crippen MR) is 38.7 cm³/mol. The van der Waals surface area contributed by atoms with E-state index in [0.29, 0.717) is 6.61 Å². The molecule has 11 heavy (non-hydrogen) atoms. The molecule has 0 radical (unpaired) electrons. The van der Waals surface area contributed by atoms with Crippen LogP contribution < -0.4 is 0 Å². The van der Waals surface area contributed by atoms with Gasteiger partial charge in [0.15, 0.2) is 0 Å². The van der Waals surface area contributed by atoms with Gasteiger partial charge in [-0.1, -0.05) is 0 Å². The van der Waals surface area contributed by atoms with Crippen molar-refractivity contribution >= 4 is 2.64 Å². The van der Waals surface area contributed by atoms with Gasteiger partial charge in [-0.3, -0.25) is 0 Å². The average molecular weight is 324 g/mol. The first-order valence-corrected chi connectivity index (χ1v) is 7.66. The van der Waals surface area contributed by atoms with Crippen LogP contribution in [0, 0.1) is 37.1 Å². The van der Waals surface area contributed by atoms with E-state index in [0.717, 1.165) is 48.2 Å². The first kappa shape index (κ1) is 12.4. The van der Waals surface area contributed by atoms with Gasteiger partial charge in [0.2, 0.25) is 0 Å². The normalized spacial score (nSPS) is 17.9. The Balaban J connectivity index is 3.52. The van der Waals surface area contributed by atoms with Crippen molar-refractivity contribution in [3.05, 3.63) is 0 Å². The Morgan fingerprint density at radius 2 is 2.00 bits per heavy atom. The molecule has 0 spiro atoms. The van der Waals surface area contributed by atoms with Gasteiger partial charge in [-0.2, -0.15) is 0 Å². The van der Waals surface area contributed by atoms with Gasteiger partial charge in [0.1, 0.15) is 0 Å². The van der Waals surface area contributed by atoms with E-state index in [1.165, 1.54) is 0 Å². The van der Waals surface area contributed by atoms with E-state index in [4.69, 9.17) is 9.42 Å². The monoisotopic (exact) mass is 325 g/mol. The van der Waals surface area contributed by atoms with Crippen molar-refractivity contribution in [1.29, 1.82) is 0 Å². The van der Waals surface area contributed by atoms with Crippen molar-refractivity contribution in [2.75, 3.05) is 34.3 Å². The summed E-state index contributed by atoms with van der Waals surface area (Å²) in [4.78, 5) is 8.75. The minimum atomic E-state index is -3.23. The van der Waals surface area contributed by atoms with E-state index in [1.807, 2.05) is 21.1 Å². The summed E-state index contributed by atoms with van der Waals surface area (Å²) < 4.78 is 12.9. The van der Waals surface area contributed by atoms with Crippen LogP contribution in [0.1, 0.15) is 0 Å². The molecule has 0 aliphatic carbocycles. The molecule has 69 valence electrons. The second-order valence-electron chi connectivity index (χ2n) is 3.28. The summed E-state index contributed by atoms with van der Waals surface area (Å²) in [6.45, 7) is 1.07. The van der Waals surface area contributed by atoms with E-state index >= 15 is 0 Å². The van der Waals surface area contributed by atoms with Crippen LogP contribution in [-0.4, -0.2) is 43.7 Å². The maximum absolute atomic E-state index is 10.6. The first-order chi connectivity index (χ1) is 4.71. The summed E-state index contributed by atoms with van der Waals surface area (Å²) >= 11 is 1.000. The fourth-order valence-corrected chi connectivity index (χ4v) is 1.35. The quantitative estimate of drug-likeness (QED) is 0.600. The Morgan fingerprint density at radius 3 is 2.27 bits per heavy atom. The molecule has 0 aliphatic rings. The fraction of sp³-hybridized carbons (Fsp3) is 1.00. The molecule has 0 aromatic rings. The Hall–Kier alpha value is 1.43. The summed E-state index contributed by atoms with van der Waals surface area (Å²) in [5.74, 6) is 0. The fourth-order valence-electron chi connectivity index (χ4n) is 0.425. The molecule has 0 aromatic heterocycles. The van der Waals surface area contributed by atoms with Gasteiger partial charge in [0.25, 0.3) is 0 Å². The molecule has 1 atom stereocenters. The van der Waals surface area contributed by atoms with Crippen LogP contribution >= 0.6 is 2.64 Å². The molecule has 1 N–H and O–H groups in total. The first-order valence-electron chi connectivity index (χ1n) is 3.17. The number of rotatable bonds is 4. The Kier molecular flexibility index (Phi) is 5.21. The predicted octanol–water partition coefficient (Wildman–Crippen LogP) is 0.359. The number of likely N-dealkylation sites (N-methyl/N-ethyl adjacent to an activating group) is 1. The van der Waals surface area contributed by atoms with Crippen LogP contribution in [-0.2, 0) is 9.09 Å². The molecule has 0 fully saturated rings. The molecular weight excluding hydrogens is 310 g/mol. The van der Waals surface area contributed by atoms with Crippen LogP contribution in [0.25, 0.3) is 0 Å². The Morgan fingerprint density at radius 1 is 1.55 bits per heavy atom. The summed E-state index contributed by atoms with van der Waals surface area (Å²) in [7, 11) is 6.01. The molecule has 0 aromatic carbocycles. The molecule has 6 heteroatoms. The summed E-state index contributed by atoms with van der Waals surface area (Å²) in [5, 5.41) is 0. The molecular formula is C5H14GdNO3P+. The van der Waals surface area contributed by atoms with Crippen molar-refractivity contribution in [2.45, 2.75) is 0 Å². The van der Waals surface area contributed by atoms with Crippen LogP contribution in [0.5, 0.6) is 0 Å². The van der Waals surface area contributed by atoms with E-state index in [-0.39, 0.29) is 0 Å². The average Bonchev–Trinajstić information content (AvgIpc) is 1.55. The zero-order valence-corrected chi connectivity index (χ0v) is 10.1. The second kappa shape index (κ2) is 4.61. The van der Waals surface area contributed by atoms with Gasteiger partial charge in [0, 0.05) is 0 Å². The van der Waals surface area contributed by atoms with Crippen molar-refractivity contribution in [3.63, 3.8) is 0 Å². The summed E-state index contributed by atoms with van der Waals surface area (Å²) in [6, 6.07) is 0. The Bertz CT molecular complexity index is 162. The van der Waals surface area contributed by atoms with E-state index < -0.39 is 2.64 Å².